The van der Waals surface area contributed by atoms with Crippen LogP contribution in [0.3, 0.4) is 0 Å². The Hall–Kier alpha value is -0.770. The first-order chi connectivity index (χ1) is 9.40. The van der Waals surface area contributed by atoms with E-state index in [-0.39, 0.29) is 12.1 Å². The van der Waals surface area contributed by atoms with Crippen molar-refractivity contribution in [3.05, 3.63) is 0 Å². The Morgan fingerprint density at radius 1 is 1.25 bits per heavy atom. The highest BCUT2D eigenvalue weighted by molar-refractivity contribution is 5.68. The van der Waals surface area contributed by atoms with Crippen molar-refractivity contribution in [2.24, 2.45) is 5.92 Å². The molecule has 0 aromatic carbocycles. The summed E-state index contributed by atoms with van der Waals surface area (Å²) in [4.78, 5) is 11.9. The number of nitrogens with one attached hydrogen (secondary N) is 1. The van der Waals surface area contributed by atoms with Crippen molar-refractivity contribution in [1.82, 2.24) is 5.32 Å². The van der Waals surface area contributed by atoms with Crippen LogP contribution in [0.15, 0.2) is 0 Å². The lowest BCUT2D eigenvalue weighted by atomic mass is 9.85. The highest BCUT2D eigenvalue weighted by Crippen LogP contribution is 2.27. The van der Waals surface area contributed by atoms with Crippen LogP contribution in [0.25, 0.3) is 0 Å². The molecule has 1 atom stereocenters. The molecule has 20 heavy (non-hydrogen) atoms. The zero-order valence-corrected chi connectivity index (χ0v) is 13.5. The van der Waals surface area contributed by atoms with E-state index in [0.29, 0.717) is 19.1 Å². The summed E-state index contributed by atoms with van der Waals surface area (Å²) in [6, 6.07) is 0.0629. The molecular formula is C16H31NO3. The van der Waals surface area contributed by atoms with Gasteiger partial charge in [-0.3, -0.25) is 0 Å². The number of rotatable bonds is 6. The second-order valence-electron chi connectivity index (χ2n) is 6.74. The molecule has 1 N–H and O–H groups in total. The normalized spacial score (nSPS) is 18.6. The Balaban J connectivity index is 2.43. The second kappa shape index (κ2) is 8.50. The number of carbonyl (C=O) groups excluding carboxylic acids is 1. The number of hydrogen-bond donors (Lipinski definition) is 1. The maximum absolute atomic E-state index is 11.9. The predicted molar refractivity (Wildman–Crippen MR) is 80.8 cm³/mol. The number of alkyl carbamates (subject to hydrolysis) is 1. The highest BCUT2D eigenvalue weighted by Gasteiger charge is 2.23. The Morgan fingerprint density at radius 3 is 2.45 bits per heavy atom. The van der Waals surface area contributed by atoms with Gasteiger partial charge in [0.1, 0.15) is 5.60 Å². The van der Waals surface area contributed by atoms with Gasteiger partial charge >= 0.3 is 6.09 Å². The van der Waals surface area contributed by atoms with E-state index < -0.39 is 5.60 Å². The van der Waals surface area contributed by atoms with Crippen molar-refractivity contribution in [2.75, 3.05) is 13.2 Å². The largest absolute Gasteiger partial charge is 0.444 e. The summed E-state index contributed by atoms with van der Waals surface area (Å²) in [5, 5.41) is 2.97. The van der Waals surface area contributed by atoms with Crippen molar-refractivity contribution in [2.45, 2.75) is 77.9 Å². The molecule has 0 aromatic rings. The van der Waals surface area contributed by atoms with Gasteiger partial charge in [0, 0.05) is 6.61 Å². The van der Waals surface area contributed by atoms with Gasteiger partial charge < -0.3 is 14.8 Å². The van der Waals surface area contributed by atoms with Crippen LogP contribution in [0.4, 0.5) is 4.79 Å². The molecule has 4 heteroatoms. The van der Waals surface area contributed by atoms with Crippen molar-refractivity contribution in [3.8, 4) is 0 Å². The van der Waals surface area contributed by atoms with E-state index in [1.54, 1.807) is 0 Å². The van der Waals surface area contributed by atoms with E-state index in [1.807, 2.05) is 27.7 Å². The first kappa shape index (κ1) is 17.3. The first-order valence-corrected chi connectivity index (χ1v) is 7.98. The summed E-state index contributed by atoms with van der Waals surface area (Å²) in [6.07, 6.45) is 7.21. The van der Waals surface area contributed by atoms with Crippen LogP contribution in [0.2, 0.25) is 0 Å². The number of amides is 1. The molecule has 1 fully saturated rings. The van der Waals surface area contributed by atoms with Gasteiger partial charge in [-0.15, -0.1) is 0 Å². The fourth-order valence-electron chi connectivity index (χ4n) is 2.73. The topological polar surface area (TPSA) is 47.6 Å². The van der Waals surface area contributed by atoms with Crippen LogP contribution in [0, 0.1) is 5.92 Å². The lowest BCUT2D eigenvalue weighted by Crippen LogP contribution is -2.42. The summed E-state index contributed by atoms with van der Waals surface area (Å²) in [5.41, 5.74) is -0.453. The van der Waals surface area contributed by atoms with Crippen molar-refractivity contribution in [1.29, 1.82) is 0 Å². The van der Waals surface area contributed by atoms with Gasteiger partial charge in [0.15, 0.2) is 0 Å². The maximum Gasteiger partial charge on any atom is 0.407 e. The average Bonchev–Trinajstić information content (AvgIpc) is 2.35. The minimum absolute atomic E-state index is 0.0629. The molecule has 1 saturated carbocycles. The van der Waals surface area contributed by atoms with Crippen molar-refractivity contribution >= 4 is 6.09 Å². The third kappa shape index (κ3) is 7.73. The fraction of sp³-hybridized carbons (Fsp3) is 0.938. The molecule has 0 unspecified atom stereocenters. The molecule has 0 heterocycles. The van der Waals surface area contributed by atoms with E-state index in [4.69, 9.17) is 9.47 Å². The Bertz CT molecular complexity index is 280. The minimum Gasteiger partial charge on any atom is -0.444 e. The van der Waals surface area contributed by atoms with Crippen molar-refractivity contribution < 1.29 is 14.3 Å². The maximum atomic E-state index is 11.9. The van der Waals surface area contributed by atoms with Crippen LogP contribution < -0.4 is 5.32 Å². The zero-order valence-electron chi connectivity index (χ0n) is 13.5. The quantitative estimate of drug-likeness (QED) is 0.805. The molecule has 0 aromatic heterocycles. The summed E-state index contributed by atoms with van der Waals surface area (Å²) in [6.45, 7) is 8.87. The van der Waals surface area contributed by atoms with Gasteiger partial charge in [-0.05, 0) is 40.0 Å². The van der Waals surface area contributed by atoms with E-state index in [2.05, 4.69) is 5.32 Å². The van der Waals surface area contributed by atoms with Gasteiger partial charge in [0.05, 0.1) is 12.6 Å². The molecule has 1 aliphatic rings. The fourth-order valence-corrected chi connectivity index (χ4v) is 2.73. The summed E-state index contributed by atoms with van der Waals surface area (Å²) >= 11 is 0. The molecule has 0 saturated heterocycles. The van der Waals surface area contributed by atoms with Gasteiger partial charge in [0.2, 0.25) is 0 Å². The zero-order chi connectivity index (χ0) is 15.0. The van der Waals surface area contributed by atoms with Gasteiger partial charge in [-0.1, -0.05) is 32.1 Å². The van der Waals surface area contributed by atoms with E-state index >= 15 is 0 Å². The molecule has 1 amide bonds. The SMILES string of the molecule is CCOC[C@H](CC1CCCCC1)NC(=O)OC(C)(C)C. The summed E-state index contributed by atoms with van der Waals surface area (Å²) in [5.74, 6) is 0.712. The lowest BCUT2D eigenvalue weighted by molar-refractivity contribution is 0.0427. The second-order valence-corrected chi connectivity index (χ2v) is 6.74. The monoisotopic (exact) mass is 285 g/mol. The number of ether oxygens (including phenoxy) is 2. The van der Waals surface area contributed by atoms with Crippen LogP contribution in [0.5, 0.6) is 0 Å². The van der Waals surface area contributed by atoms with E-state index in [0.717, 1.165) is 6.42 Å². The lowest BCUT2D eigenvalue weighted by Gasteiger charge is -2.28. The number of carbonyl (C=O) groups is 1. The molecule has 0 bridgehead atoms. The smallest absolute Gasteiger partial charge is 0.407 e. The van der Waals surface area contributed by atoms with Crippen LogP contribution in [0.1, 0.15) is 66.2 Å². The standard InChI is InChI=1S/C16H31NO3/c1-5-19-12-14(11-13-9-7-6-8-10-13)17-15(18)20-16(2,3)4/h13-14H,5-12H2,1-4H3,(H,17,18)/t14-/m0/s1. The first-order valence-electron chi connectivity index (χ1n) is 7.98. The third-order valence-electron chi connectivity index (χ3n) is 3.59. The molecule has 1 aliphatic carbocycles. The Labute approximate surface area is 123 Å². The molecule has 1 rings (SSSR count). The van der Waals surface area contributed by atoms with Gasteiger partial charge in [-0.25, -0.2) is 4.79 Å². The molecule has 0 radical (unpaired) electrons. The van der Waals surface area contributed by atoms with Gasteiger partial charge in [0.25, 0.3) is 0 Å². The summed E-state index contributed by atoms with van der Waals surface area (Å²) in [7, 11) is 0. The van der Waals surface area contributed by atoms with Crippen molar-refractivity contribution in [3.63, 3.8) is 0 Å². The molecule has 0 spiro atoms. The Morgan fingerprint density at radius 2 is 1.90 bits per heavy atom. The highest BCUT2D eigenvalue weighted by atomic mass is 16.6. The van der Waals surface area contributed by atoms with E-state index in [9.17, 15) is 4.79 Å². The molecular weight excluding hydrogens is 254 g/mol. The van der Waals surface area contributed by atoms with Crippen LogP contribution in [-0.4, -0.2) is 30.9 Å². The van der Waals surface area contributed by atoms with E-state index in [1.165, 1.54) is 32.1 Å². The third-order valence-corrected chi connectivity index (χ3v) is 3.59. The van der Waals surface area contributed by atoms with Gasteiger partial charge in [-0.2, -0.15) is 0 Å². The van der Waals surface area contributed by atoms with Crippen LogP contribution >= 0.6 is 0 Å². The molecule has 4 nitrogen and oxygen atoms in total. The Kier molecular flexibility index (Phi) is 7.35. The number of hydrogen-bond acceptors (Lipinski definition) is 3. The predicted octanol–water partition coefficient (Wildman–Crippen LogP) is 3.89. The average molecular weight is 285 g/mol. The minimum atomic E-state index is -0.453. The molecule has 118 valence electrons. The summed E-state index contributed by atoms with van der Waals surface area (Å²) < 4.78 is 10.8. The van der Waals surface area contributed by atoms with Crippen LogP contribution in [-0.2, 0) is 9.47 Å². The molecule has 0 aliphatic heterocycles.